The number of nitrogens with zero attached hydrogens (tertiary/aromatic N) is 1. The first-order valence-corrected chi connectivity index (χ1v) is 16.5. The second-order valence-electron chi connectivity index (χ2n) is 15.5. The van der Waals surface area contributed by atoms with Gasteiger partial charge in [-0.25, -0.2) is 19.2 Å². The standard InChI is InChI=1S/C33H65N5O8/c1-29(2,3)43-25(39)33(17-15-19-34,38(27(41)45-31(7,8)9)28(42)46-32(10,11)12)18-24-36-21-14-13-20-35-22-16-23-37-26(40)44-30(4,5)6/h35-36H,13-24,34H2,1-12H3,(H,37,40). The molecule has 0 aromatic heterocycles. The van der Waals surface area contributed by atoms with Crippen LogP contribution >= 0.6 is 0 Å². The van der Waals surface area contributed by atoms with Gasteiger partial charge in [0.05, 0.1) is 0 Å². The van der Waals surface area contributed by atoms with E-state index >= 15 is 0 Å². The van der Waals surface area contributed by atoms with Crippen LogP contribution in [-0.2, 0) is 23.7 Å². The largest absolute Gasteiger partial charge is 0.458 e. The van der Waals surface area contributed by atoms with Crippen LogP contribution in [0.2, 0.25) is 0 Å². The highest BCUT2D eigenvalue weighted by Gasteiger charge is 2.54. The molecule has 0 bridgehead atoms. The summed E-state index contributed by atoms with van der Waals surface area (Å²) >= 11 is 0. The SMILES string of the molecule is CC(C)(C)OC(=O)NCCCNCCCCNCCC(CCCN)(C(=O)OC(C)(C)C)N(C(=O)OC(C)(C)C)C(=O)OC(C)(C)C. The van der Waals surface area contributed by atoms with E-state index in [1.54, 1.807) is 62.3 Å². The number of alkyl carbamates (subject to hydrolysis) is 1. The number of rotatable bonds is 17. The Bertz CT molecular complexity index is 920. The number of amides is 3. The van der Waals surface area contributed by atoms with Crippen LogP contribution in [0, 0.1) is 0 Å². The molecule has 46 heavy (non-hydrogen) atoms. The van der Waals surface area contributed by atoms with Crippen LogP contribution in [0.15, 0.2) is 0 Å². The normalized spacial score (nSPS) is 13.8. The van der Waals surface area contributed by atoms with E-state index in [-0.39, 0.29) is 19.4 Å². The van der Waals surface area contributed by atoms with Crippen LogP contribution in [0.3, 0.4) is 0 Å². The van der Waals surface area contributed by atoms with Crippen molar-refractivity contribution in [2.45, 2.75) is 150 Å². The van der Waals surface area contributed by atoms with Gasteiger partial charge in [0.15, 0.2) is 5.54 Å². The molecule has 5 N–H and O–H groups in total. The Balaban J connectivity index is 5.50. The highest BCUT2D eigenvalue weighted by Crippen LogP contribution is 2.33. The monoisotopic (exact) mass is 659 g/mol. The third kappa shape index (κ3) is 19.8. The molecule has 0 spiro atoms. The fraction of sp³-hybridized carbons (Fsp3) is 0.879. The summed E-state index contributed by atoms with van der Waals surface area (Å²) in [4.78, 5) is 53.8. The minimum Gasteiger partial charge on any atom is -0.458 e. The van der Waals surface area contributed by atoms with Crippen LogP contribution < -0.4 is 21.7 Å². The summed E-state index contributed by atoms with van der Waals surface area (Å²) in [6, 6.07) is 0. The van der Waals surface area contributed by atoms with Crippen molar-refractivity contribution in [2.24, 2.45) is 5.73 Å². The molecule has 0 rings (SSSR count). The summed E-state index contributed by atoms with van der Waals surface area (Å²) in [5.41, 5.74) is 0.862. The molecule has 0 heterocycles. The topological polar surface area (TPSA) is 171 Å². The second kappa shape index (κ2) is 19.2. The molecule has 0 radical (unpaired) electrons. The van der Waals surface area contributed by atoms with Gasteiger partial charge in [0.2, 0.25) is 0 Å². The summed E-state index contributed by atoms with van der Waals surface area (Å²) in [5.74, 6) is -0.725. The van der Waals surface area contributed by atoms with Gasteiger partial charge in [-0.1, -0.05) is 0 Å². The Kier molecular flexibility index (Phi) is 18.1. The average Bonchev–Trinajstić information content (AvgIpc) is 2.83. The summed E-state index contributed by atoms with van der Waals surface area (Å²) < 4.78 is 22.3. The molecule has 0 aliphatic heterocycles. The molecule has 270 valence electrons. The number of carbonyl (C=O) groups is 4. The van der Waals surface area contributed by atoms with Gasteiger partial charge in [0.25, 0.3) is 0 Å². The maximum Gasteiger partial charge on any atom is 0.420 e. The Morgan fingerprint density at radius 2 is 0.978 bits per heavy atom. The maximum atomic E-state index is 14.0. The van der Waals surface area contributed by atoms with Gasteiger partial charge in [0.1, 0.15) is 22.4 Å². The Hall–Kier alpha value is -2.64. The lowest BCUT2D eigenvalue weighted by Crippen LogP contribution is -2.63. The number of ether oxygens (including phenoxy) is 4. The van der Waals surface area contributed by atoms with Crippen LogP contribution in [0.25, 0.3) is 0 Å². The van der Waals surface area contributed by atoms with Gasteiger partial charge in [-0.05, 0) is 154 Å². The molecule has 0 saturated carbocycles. The van der Waals surface area contributed by atoms with Gasteiger partial charge in [-0.15, -0.1) is 0 Å². The zero-order valence-electron chi connectivity index (χ0n) is 30.8. The average molecular weight is 660 g/mol. The zero-order valence-corrected chi connectivity index (χ0v) is 30.8. The van der Waals surface area contributed by atoms with E-state index < -0.39 is 52.2 Å². The fourth-order valence-electron chi connectivity index (χ4n) is 4.21. The van der Waals surface area contributed by atoms with E-state index in [0.29, 0.717) is 26.1 Å². The molecule has 0 aliphatic rings. The minimum absolute atomic E-state index is 0.0727. The van der Waals surface area contributed by atoms with Crippen molar-refractivity contribution in [1.82, 2.24) is 20.9 Å². The molecular formula is C33H65N5O8. The van der Waals surface area contributed by atoms with E-state index in [4.69, 9.17) is 24.7 Å². The highest BCUT2D eigenvalue weighted by molar-refractivity contribution is 5.97. The first-order valence-electron chi connectivity index (χ1n) is 16.5. The number of imide groups is 1. The van der Waals surface area contributed by atoms with Gasteiger partial charge in [-0.3, -0.25) is 0 Å². The van der Waals surface area contributed by atoms with Gasteiger partial charge >= 0.3 is 24.2 Å². The first kappa shape index (κ1) is 43.4. The van der Waals surface area contributed by atoms with Gasteiger partial charge in [-0.2, -0.15) is 4.90 Å². The van der Waals surface area contributed by atoms with E-state index in [1.807, 2.05) is 20.8 Å². The molecule has 0 fully saturated rings. The van der Waals surface area contributed by atoms with E-state index in [0.717, 1.165) is 37.3 Å². The quantitative estimate of drug-likeness (QED) is 0.0914. The molecular weight excluding hydrogens is 594 g/mol. The van der Waals surface area contributed by atoms with Crippen molar-refractivity contribution in [3.8, 4) is 0 Å². The van der Waals surface area contributed by atoms with E-state index in [2.05, 4.69) is 16.0 Å². The van der Waals surface area contributed by atoms with Crippen molar-refractivity contribution >= 4 is 24.2 Å². The fourth-order valence-corrected chi connectivity index (χ4v) is 4.21. The van der Waals surface area contributed by atoms with Gasteiger partial charge < -0.3 is 40.6 Å². The van der Waals surface area contributed by atoms with Crippen molar-refractivity contribution in [2.75, 3.05) is 39.3 Å². The lowest BCUT2D eigenvalue weighted by Gasteiger charge is -2.42. The van der Waals surface area contributed by atoms with E-state index in [9.17, 15) is 19.2 Å². The summed E-state index contributed by atoms with van der Waals surface area (Å²) in [6.07, 6.45) is 0.631. The summed E-state index contributed by atoms with van der Waals surface area (Å²) in [7, 11) is 0. The van der Waals surface area contributed by atoms with Crippen LogP contribution in [-0.4, -0.2) is 96.4 Å². The Labute approximate surface area is 277 Å². The minimum atomic E-state index is -1.72. The number of carbonyl (C=O) groups excluding carboxylic acids is 4. The van der Waals surface area contributed by atoms with Crippen molar-refractivity contribution < 1.29 is 38.1 Å². The molecule has 3 amide bonds. The lowest BCUT2D eigenvalue weighted by molar-refractivity contribution is -0.170. The predicted octanol–water partition coefficient (Wildman–Crippen LogP) is 5.24. The second-order valence-corrected chi connectivity index (χ2v) is 15.5. The molecule has 0 saturated heterocycles. The summed E-state index contributed by atoms with van der Waals surface area (Å²) in [6.45, 7) is 24.1. The lowest BCUT2D eigenvalue weighted by atomic mass is 9.87. The van der Waals surface area contributed by atoms with Crippen molar-refractivity contribution in [3.63, 3.8) is 0 Å². The van der Waals surface area contributed by atoms with Crippen molar-refractivity contribution in [3.05, 3.63) is 0 Å². The first-order chi connectivity index (χ1) is 20.9. The molecule has 13 heteroatoms. The molecule has 1 unspecified atom stereocenters. The summed E-state index contributed by atoms with van der Waals surface area (Å²) in [5, 5.41) is 9.44. The number of nitrogens with two attached hydrogens (primary N) is 1. The maximum absolute atomic E-state index is 14.0. The molecule has 13 nitrogen and oxygen atoms in total. The van der Waals surface area contributed by atoms with E-state index in [1.165, 1.54) is 0 Å². The Morgan fingerprint density at radius 3 is 1.41 bits per heavy atom. The molecule has 0 aliphatic carbocycles. The number of hydrogen-bond acceptors (Lipinski definition) is 11. The predicted molar refractivity (Wildman–Crippen MR) is 180 cm³/mol. The number of nitrogens with one attached hydrogen (secondary N) is 3. The number of unbranched alkanes of at least 4 members (excludes halogenated alkanes) is 1. The number of hydrogen-bond donors (Lipinski definition) is 4. The molecule has 0 aromatic rings. The molecule has 1 atom stereocenters. The van der Waals surface area contributed by atoms with Crippen LogP contribution in [0.1, 0.15) is 122 Å². The molecule has 0 aromatic carbocycles. The van der Waals surface area contributed by atoms with Crippen molar-refractivity contribution in [1.29, 1.82) is 0 Å². The number of esters is 1. The third-order valence-electron chi connectivity index (χ3n) is 6.02. The van der Waals surface area contributed by atoms with Crippen LogP contribution in [0.4, 0.5) is 14.4 Å². The Morgan fingerprint density at radius 1 is 0.543 bits per heavy atom. The van der Waals surface area contributed by atoms with Crippen LogP contribution in [0.5, 0.6) is 0 Å². The third-order valence-corrected chi connectivity index (χ3v) is 6.02. The highest BCUT2D eigenvalue weighted by atomic mass is 16.6. The smallest absolute Gasteiger partial charge is 0.420 e. The van der Waals surface area contributed by atoms with Gasteiger partial charge in [0, 0.05) is 6.54 Å². The zero-order chi connectivity index (χ0) is 35.8.